The molecule has 10 aromatic carbocycles. The second-order valence-corrected chi connectivity index (χ2v) is 27.2. The van der Waals surface area contributed by atoms with Crippen LogP contribution in [-0.2, 0) is 31.9 Å². The molecule has 2 aliphatic rings. The molecular formula is C87H63BrN12Pt. The summed E-state index contributed by atoms with van der Waals surface area (Å²) in [5.41, 5.74) is 19.9. The topological polar surface area (TPSA) is 95.6 Å². The van der Waals surface area contributed by atoms with Crippen LogP contribution in [0.15, 0.2) is 315 Å². The van der Waals surface area contributed by atoms with Crippen LogP contribution >= 0.6 is 15.9 Å². The Morgan fingerprint density at radius 3 is 1.38 bits per heavy atom. The van der Waals surface area contributed by atoms with Gasteiger partial charge in [0.05, 0.1) is 39.1 Å². The van der Waals surface area contributed by atoms with Gasteiger partial charge in [0.2, 0.25) is 0 Å². The third kappa shape index (κ3) is 10.5. The third-order valence-electron chi connectivity index (χ3n) is 19.9. The van der Waals surface area contributed by atoms with Crippen molar-refractivity contribution in [1.82, 2.24) is 48.2 Å². The van der Waals surface area contributed by atoms with Gasteiger partial charge in [-0.15, -0.1) is 35.2 Å². The number of para-hydroxylation sites is 5. The molecule has 0 fully saturated rings. The molecule has 0 amide bonds. The summed E-state index contributed by atoms with van der Waals surface area (Å²) in [6.45, 7) is 9.21. The maximum absolute atomic E-state index is 4.73. The van der Waals surface area contributed by atoms with Crippen LogP contribution in [0.4, 0.5) is 34.1 Å². The van der Waals surface area contributed by atoms with Crippen molar-refractivity contribution in [3.8, 4) is 28.8 Å². The van der Waals surface area contributed by atoms with Gasteiger partial charge in [0, 0.05) is 91.7 Å². The van der Waals surface area contributed by atoms with Gasteiger partial charge in [0.1, 0.15) is 17.5 Å². The summed E-state index contributed by atoms with van der Waals surface area (Å²) < 4.78 is 11.5. The van der Waals surface area contributed by atoms with Gasteiger partial charge in [-0.2, -0.15) is 22.3 Å². The summed E-state index contributed by atoms with van der Waals surface area (Å²) in [5, 5.41) is 16.2. The molecule has 488 valence electrons. The summed E-state index contributed by atoms with van der Waals surface area (Å²) in [6, 6.07) is 101. The largest absolute Gasteiger partial charge is 2.00 e. The third-order valence-corrected chi connectivity index (χ3v) is 20.3. The molecular weight excluding hydrogens is 1490 g/mol. The van der Waals surface area contributed by atoms with Crippen LogP contribution in [0.25, 0.3) is 94.2 Å². The van der Waals surface area contributed by atoms with E-state index >= 15 is 0 Å². The molecule has 0 bridgehead atoms. The van der Waals surface area contributed by atoms with E-state index < -0.39 is 0 Å². The van der Waals surface area contributed by atoms with Crippen molar-refractivity contribution >= 4 is 115 Å². The normalized spacial score (nSPS) is 13.2. The van der Waals surface area contributed by atoms with Gasteiger partial charge in [-0.1, -0.05) is 188 Å². The fourth-order valence-electron chi connectivity index (χ4n) is 15.2. The molecule has 0 spiro atoms. The average molecular weight is 1550 g/mol. The molecule has 0 N–H and O–H groups in total. The average Bonchev–Trinajstić information content (AvgIpc) is 1.58. The van der Waals surface area contributed by atoms with Crippen molar-refractivity contribution < 1.29 is 21.1 Å². The first-order chi connectivity index (χ1) is 49.1. The summed E-state index contributed by atoms with van der Waals surface area (Å²) >= 11 is 3.56. The zero-order valence-electron chi connectivity index (χ0n) is 55.5. The van der Waals surface area contributed by atoms with E-state index in [0.717, 1.165) is 89.2 Å². The SMILES string of the molecule is Brc1ccc2c3ccccc3n(-c3ccccn3)c2c1.CC1(C)c2ccc(-n3cccn3)[c-]c2N(c2[c-]c3c(cc2)c2ccccc2n3-c2ccccn2)c2ccccc21.CC1(C)c2ccccc2N(c2ccc3c4ccccc4n(-c4ccccn4)c3c2)c2cc(-n3cccn3)ccc21.[Pt+2]. The van der Waals surface area contributed by atoms with Gasteiger partial charge in [-0.3, -0.25) is 13.8 Å². The maximum atomic E-state index is 4.73. The van der Waals surface area contributed by atoms with E-state index in [1.54, 1.807) is 6.20 Å². The molecule has 8 aromatic heterocycles. The van der Waals surface area contributed by atoms with Gasteiger partial charge >= 0.3 is 21.1 Å². The summed E-state index contributed by atoms with van der Waals surface area (Å²) in [4.78, 5) is 18.6. The van der Waals surface area contributed by atoms with E-state index in [2.05, 4.69) is 301 Å². The molecule has 20 rings (SSSR count). The molecule has 101 heavy (non-hydrogen) atoms. The van der Waals surface area contributed by atoms with Crippen molar-refractivity contribution in [3.63, 3.8) is 0 Å². The molecule has 10 heterocycles. The number of pyridine rings is 3. The Bertz CT molecular complexity index is 5840. The monoisotopic (exact) mass is 1550 g/mol. The van der Waals surface area contributed by atoms with Crippen LogP contribution in [0.2, 0.25) is 0 Å². The molecule has 0 saturated heterocycles. The van der Waals surface area contributed by atoms with E-state index in [-0.39, 0.29) is 31.9 Å². The molecule has 18 aromatic rings. The van der Waals surface area contributed by atoms with Crippen molar-refractivity contribution in [2.24, 2.45) is 0 Å². The fourth-order valence-corrected chi connectivity index (χ4v) is 15.6. The van der Waals surface area contributed by atoms with Crippen molar-refractivity contribution in [3.05, 3.63) is 349 Å². The zero-order valence-corrected chi connectivity index (χ0v) is 59.4. The minimum atomic E-state index is -0.200. The number of aromatic nitrogens is 10. The number of fused-ring (bicyclic) bond motifs is 13. The summed E-state index contributed by atoms with van der Waals surface area (Å²) in [5.74, 6) is 2.72. The van der Waals surface area contributed by atoms with Crippen molar-refractivity contribution in [2.75, 3.05) is 9.80 Å². The van der Waals surface area contributed by atoms with Gasteiger partial charge < -0.3 is 14.4 Å². The Morgan fingerprint density at radius 1 is 0.327 bits per heavy atom. The minimum absolute atomic E-state index is 0. The predicted octanol–water partition coefficient (Wildman–Crippen LogP) is 21.5. The smallest absolute Gasteiger partial charge is 0.358 e. The van der Waals surface area contributed by atoms with E-state index in [1.165, 1.54) is 65.9 Å². The van der Waals surface area contributed by atoms with Crippen LogP contribution in [-0.4, -0.2) is 48.2 Å². The van der Waals surface area contributed by atoms with Gasteiger partial charge in [0.25, 0.3) is 0 Å². The van der Waals surface area contributed by atoms with Crippen LogP contribution in [0.1, 0.15) is 49.9 Å². The Hall–Kier alpha value is -11.8. The van der Waals surface area contributed by atoms with E-state index in [9.17, 15) is 0 Å². The number of nitrogens with zero attached hydrogens (tertiary/aromatic N) is 12. The minimum Gasteiger partial charge on any atom is -0.358 e. The maximum Gasteiger partial charge on any atom is 2.00 e. The molecule has 0 unspecified atom stereocenters. The molecule has 0 radical (unpaired) electrons. The Balaban J connectivity index is 0.000000119. The number of hydrogen-bond donors (Lipinski definition) is 0. The van der Waals surface area contributed by atoms with Crippen LogP contribution in [0, 0.1) is 12.1 Å². The van der Waals surface area contributed by atoms with Crippen LogP contribution < -0.4 is 9.80 Å². The fraction of sp³-hybridized carbons (Fsp3) is 0.0690. The molecule has 14 heteroatoms. The first-order valence-electron chi connectivity index (χ1n) is 33.5. The van der Waals surface area contributed by atoms with Crippen molar-refractivity contribution in [1.29, 1.82) is 0 Å². The van der Waals surface area contributed by atoms with E-state index in [0.29, 0.717) is 0 Å². The molecule has 12 nitrogen and oxygen atoms in total. The van der Waals surface area contributed by atoms with Gasteiger partial charge in [-0.25, -0.2) is 19.6 Å². The molecule has 0 atom stereocenters. The molecule has 2 aliphatic heterocycles. The number of halogens is 1. The number of rotatable bonds is 7. The van der Waals surface area contributed by atoms with Gasteiger partial charge in [-0.05, 0) is 148 Å². The Morgan fingerprint density at radius 2 is 0.782 bits per heavy atom. The van der Waals surface area contributed by atoms with Gasteiger partial charge in [0.15, 0.2) is 0 Å². The van der Waals surface area contributed by atoms with Crippen LogP contribution in [0.5, 0.6) is 0 Å². The number of anilines is 6. The zero-order chi connectivity index (χ0) is 67.2. The first kappa shape index (κ1) is 62.7. The quantitative estimate of drug-likeness (QED) is 0.147. The summed E-state index contributed by atoms with van der Waals surface area (Å²) in [6.07, 6.45) is 13.1. The Labute approximate surface area is 606 Å². The van der Waals surface area contributed by atoms with Crippen molar-refractivity contribution in [2.45, 2.75) is 38.5 Å². The van der Waals surface area contributed by atoms with E-state index in [1.807, 2.05) is 107 Å². The van der Waals surface area contributed by atoms with E-state index in [4.69, 9.17) is 9.97 Å². The predicted molar refractivity (Wildman–Crippen MR) is 409 cm³/mol. The van der Waals surface area contributed by atoms with Crippen LogP contribution in [0.3, 0.4) is 0 Å². The second kappa shape index (κ2) is 25.2. The number of benzene rings is 10. The Kier molecular flexibility index (Phi) is 15.7. The first-order valence-corrected chi connectivity index (χ1v) is 34.3. The summed E-state index contributed by atoms with van der Waals surface area (Å²) in [7, 11) is 0. The number of hydrogen-bond acceptors (Lipinski definition) is 7. The standard InChI is InChI=1S/C35H27N5.C35H25N5.C17H11BrN2.Pt/c2*1-35(2)28-11-4-6-13-31(28)39(33-22-24(16-18-29(33)35)38-21-9-20-37-38)25-15-17-27-26-10-3-5-12-30(26)40(32(27)23-25)34-14-7-8-19-36-34;18-12-8-9-14-13-5-1-2-6-15(13)20(16(14)11-12)17-7-3-4-10-19-17;/h3-23H,1-2H3;3-21H,1-2H3;1-11H;/q;-2;;+2. The molecule has 0 aliphatic carbocycles. The molecule has 0 saturated carbocycles. The second-order valence-electron chi connectivity index (χ2n) is 26.3.